The number of unbranched alkanes of at least 4 members (excludes halogenated alkanes) is 20. The van der Waals surface area contributed by atoms with E-state index in [1.807, 2.05) is 0 Å². The van der Waals surface area contributed by atoms with Crippen LogP contribution in [0.15, 0.2) is 48.5 Å². The van der Waals surface area contributed by atoms with Crippen LogP contribution in [0.25, 0.3) is 0 Å². The van der Waals surface area contributed by atoms with Crippen molar-refractivity contribution < 1.29 is 58.8 Å². The average molecular weight is 927 g/mol. The second kappa shape index (κ2) is 47.1. The molecule has 2 rings (SSSR count). The van der Waals surface area contributed by atoms with E-state index in [-0.39, 0.29) is 81.2 Å². The Labute approximate surface area is 439 Å². The van der Waals surface area contributed by atoms with Gasteiger partial charge in [-0.15, -0.1) is 0 Å². The van der Waals surface area contributed by atoms with Crippen LogP contribution in [0.5, 0.6) is 0 Å². The van der Waals surface area contributed by atoms with Crippen LogP contribution in [0.2, 0.25) is 0 Å². The van der Waals surface area contributed by atoms with E-state index in [0.717, 1.165) is 51.4 Å². The summed E-state index contributed by atoms with van der Waals surface area (Å²) in [6.07, 6.45) is 25.4. The van der Waals surface area contributed by atoms with Crippen molar-refractivity contribution in [3.8, 4) is 0 Å². The molecule has 0 atom stereocenters. The summed E-state index contributed by atoms with van der Waals surface area (Å²) in [5.41, 5.74) is 1.17. The van der Waals surface area contributed by atoms with Crippen LogP contribution < -0.4 is 0 Å². The summed E-state index contributed by atoms with van der Waals surface area (Å²) in [5.74, 6) is -1.78. The van der Waals surface area contributed by atoms with Crippen LogP contribution in [-0.2, 0) is 18.9 Å². The quantitative estimate of drug-likeness (QED) is 0.0311. The molecule has 0 radical (unpaired) electrons. The Hall–Kier alpha value is -1.89. The summed E-state index contributed by atoms with van der Waals surface area (Å²) in [7, 11) is 0. The van der Waals surface area contributed by atoms with Crippen molar-refractivity contribution in [2.75, 3.05) is 26.4 Å². The minimum absolute atomic E-state index is 0. The van der Waals surface area contributed by atoms with Crippen molar-refractivity contribution in [1.82, 2.24) is 0 Å². The summed E-state index contributed by atoms with van der Waals surface area (Å²) in [6, 6.07) is 13.5. The van der Waals surface area contributed by atoms with E-state index in [9.17, 15) is 19.2 Å². The van der Waals surface area contributed by atoms with Crippen molar-refractivity contribution in [3.05, 3.63) is 70.8 Å². The Balaban J connectivity index is -0.000000180. The van der Waals surface area contributed by atoms with E-state index in [0.29, 0.717) is 48.7 Å². The number of esters is 4. The Morgan fingerprint density at radius 2 is 0.516 bits per heavy atom. The van der Waals surface area contributed by atoms with Gasteiger partial charge < -0.3 is 34.9 Å². The summed E-state index contributed by atoms with van der Waals surface area (Å²) in [5, 5.41) is 13.9. The van der Waals surface area contributed by atoms with Gasteiger partial charge in [0.1, 0.15) is 0 Å². The molecule has 0 bridgehead atoms. The van der Waals surface area contributed by atoms with Crippen molar-refractivity contribution in [3.63, 3.8) is 0 Å². The van der Waals surface area contributed by atoms with E-state index < -0.39 is 30.0 Å². The third-order valence-electron chi connectivity index (χ3n) is 9.66. The van der Waals surface area contributed by atoms with Gasteiger partial charge in [-0.25, -0.2) is 24.0 Å². The van der Waals surface area contributed by atoms with E-state index in [2.05, 4.69) is 27.7 Å². The van der Waals surface area contributed by atoms with E-state index in [4.69, 9.17) is 34.0 Å². The first kappa shape index (κ1) is 64.4. The van der Waals surface area contributed by atoms with Crippen LogP contribution in [0.3, 0.4) is 0 Å². The molecule has 0 saturated carbocycles. The molecule has 0 fully saturated rings. The maximum absolute atomic E-state index is 12.4. The molecule has 13 heteroatoms. The monoisotopic (exact) mass is 927 g/mol. The Morgan fingerprint density at radius 1 is 0.355 bits per heavy atom. The summed E-state index contributed by atoms with van der Waals surface area (Å²) < 4.78 is 21.4. The number of ether oxygens (including phenoxy) is 4. The summed E-state index contributed by atoms with van der Waals surface area (Å²) in [4.78, 5) is 58.0. The molecule has 2 aromatic carbocycles. The van der Waals surface area contributed by atoms with E-state index in [1.54, 1.807) is 48.5 Å². The molecule has 62 heavy (non-hydrogen) atoms. The molecule has 11 nitrogen and oxygen atoms in total. The van der Waals surface area contributed by atoms with Gasteiger partial charge in [-0.3, -0.25) is 0 Å². The number of hydrogen-bond acceptors (Lipinski definition) is 9. The number of rotatable bonds is 32. The fraction of sp³-hybridized carbons (Fsp3) is 0.653. The van der Waals surface area contributed by atoms with Gasteiger partial charge >= 0.3 is 106 Å². The number of hydrogen-bond donors (Lipinski definition) is 2. The maximum Gasteiger partial charge on any atom is 2.00 e. The van der Waals surface area contributed by atoms with Crippen molar-refractivity contribution in [2.24, 2.45) is 0 Å². The number of carboxylic acid groups (broad SMARTS) is 2. The zero-order chi connectivity index (χ0) is 44.5. The fourth-order valence-corrected chi connectivity index (χ4v) is 6.18. The molecule has 2 aromatic rings. The van der Waals surface area contributed by atoms with Gasteiger partial charge in [-0.05, 0) is 49.9 Å². The van der Waals surface area contributed by atoms with Gasteiger partial charge in [0.2, 0.25) is 0 Å². The molecule has 0 aliphatic rings. The third-order valence-corrected chi connectivity index (χ3v) is 9.66. The molecule has 0 unspecified atom stereocenters. The standard InChI is InChI=1S/2C24H38O4.CH2O3.2Ca.4H/c2*1-3-5-7-9-11-15-19-27-23(25)21-17-13-14-18-22(21)24(26)28-20-16-12-10-8-6-4-2;2-1(3)4;;;;;;/h2*13-14,17-18H,3-12,15-16,19-20H2,1-2H3;(H2,2,3,4);;;;;;/q;;;2*+2;4*-1. The average Bonchev–Trinajstić information content (AvgIpc) is 3.24. The molecule has 0 aliphatic carbocycles. The predicted molar refractivity (Wildman–Crippen MR) is 254 cm³/mol. The molecule has 348 valence electrons. The first-order valence-electron chi connectivity index (χ1n) is 22.9. The molecule has 0 aromatic heterocycles. The van der Waals surface area contributed by atoms with Crippen LogP contribution in [0.4, 0.5) is 4.79 Å². The van der Waals surface area contributed by atoms with E-state index in [1.165, 1.54) is 103 Å². The number of carbonyl (C=O) groups excluding carboxylic acids is 4. The van der Waals surface area contributed by atoms with Crippen LogP contribution in [0, 0.1) is 0 Å². The molecule has 0 spiro atoms. The largest absolute Gasteiger partial charge is 2.00 e. The van der Waals surface area contributed by atoms with Gasteiger partial charge in [-0.2, -0.15) is 0 Å². The van der Waals surface area contributed by atoms with Gasteiger partial charge in [0.15, 0.2) is 0 Å². The second-order valence-electron chi connectivity index (χ2n) is 15.0. The topological polar surface area (TPSA) is 163 Å². The second-order valence-corrected chi connectivity index (χ2v) is 15.0. The van der Waals surface area contributed by atoms with Crippen molar-refractivity contribution >= 4 is 106 Å². The van der Waals surface area contributed by atoms with Crippen molar-refractivity contribution in [1.29, 1.82) is 0 Å². The summed E-state index contributed by atoms with van der Waals surface area (Å²) in [6.45, 7) is 10.3. The zero-order valence-corrected chi connectivity index (χ0v) is 43.3. The van der Waals surface area contributed by atoms with Crippen LogP contribution in [0.1, 0.15) is 229 Å². The smallest absolute Gasteiger partial charge is 1.00 e. The fourth-order valence-electron chi connectivity index (χ4n) is 6.18. The van der Waals surface area contributed by atoms with E-state index >= 15 is 0 Å². The van der Waals surface area contributed by atoms with Gasteiger partial charge in [0, 0.05) is 0 Å². The Kier molecular flexibility index (Phi) is 48.9. The zero-order valence-electron chi connectivity index (χ0n) is 42.9. The third kappa shape index (κ3) is 36.4. The SMILES string of the molecule is CCCCCCCCOC(=O)c1ccccc1C(=O)OCCCCCCCC.CCCCCCCCOC(=O)c1ccccc1C(=O)OCCCCCCCC.O=C(O)O.[Ca+2].[Ca+2].[H-].[H-].[H-].[H-]. The number of benzene rings is 2. The predicted octanol–water partition coefficient (Wildman–Crippen LogP) is 13.4. The maximum atomic E-state index is 12.4. The van der Waals surface area contributed by atoms with Crippen molar-refractivity contribution in [2.45, 2.75) is 182 Å². The van der Waals surface area contributed by atoms with Gasteiger partial charge in [0.25, 0.3) is 0 Å². The molecule has 0 amide bonds. The molecule has 0 saturated heterocycles. The van der Waals surface area contributed by atoms with Gasteiger partial charge in [-0.1, -0.05) is 180 Å². The van der Waals surface area contributed by atoms with Crippen LogP contribution >= 0.6 is 0 Å². The first-order valence-corrected chi connectivity index (χ1v) is 22.9. The minimum atomic E-state index is -1.83. The minimum Gasteiger partial charge on any atom is -1.00 e. The van der Waals surface area contributed by atoms with Gasteiger partial charge in [0.05, 0.1) is 48.7 Å². The molecular formula is C49H82Ca2O11. The molecule has 0 aliphatic heterocycles. The Morgan fingerprint density at radius 3 is 0.694 bits per heavy atom. The van der Waals surface area contributed by atoms with Crippen LogP contribution in [-0.4, -0.2) is 142 Å². The Bertz CT molecular complexity index is 1240. The molecule has 0 heterocycles. The molecule has 2 N–H and O–H groups in total. The summed E-state index contributed by atoms with van der Waals surface area (Å²) >= 11 is 0. The molecular weight excluding hydrogens is 845 g/mol. The normalized spacial score (nSPS) is 10.0. The first-order chi connectivity index (χ1) is 29.1. The number of carbonyl (C=O) groups is 5.